The predicted octanol–water partition coefficient (Wildman–Crippen LogP) is -0.0864. The summed E-state index contributed by atoms with van der Waals surface area (Å²) in [5.74, 6) is 0.492. The van der Waals surface area contributed by atoms with Crippen LogP contribution in [0.2, 0.25) is 0 Å². The van der Waals surface area contributed by atoms with Crippen molar-refractivity contribution in [2.75, 3.05) is 17.7 Å². The SMILES string of the molecule is O=C(O)Nc1ccn([C@@H]2CS[C@H](CO)O2)c(=O)n1. The van der Waals surface area contributed by atoms with Crippen LogP contribution < -0.4 is 11.0 Å². The third-order valence-corrected chi connectivity index (χ3v) is 3.37. The van der Waals surface area contributed by atoms with E-state index in [1.807, 2.05) is 5.32 Å². The quantitative estimate of drug-likeness (QED) is 0.705. The molecule has 1 saturated heterocycles. The van der Waals surface area contributed by atoms with E-state index in [0.29, 0.717) is 5.75 Å². The topological polar surface area (TPSA) is 114 Å². The van der Waals surface area contributed by atoms with E-state index in [1.165, 1.54) is 28.6 Å². The maximum Gasteiger partial charge on any atom is 0.410 e. The van der Waals surface area contributed by atoms with E-state index in [0.717, 1.165) is 0 Å². The van der Waals surface area contributed by atoms with Gasteiger partial charge < -0.3 is 14.9 Å². The minimum Gasteiger partial charge on any atom is -0.465 e. The molecule has 0 saturated carbocycles. The summed E-state index contributed by atoms with van der Waals surface area (Å²) in [6.45, 7) is -0.123. The predicted molar refractivity (Wildman–Crippen MR) is 63.6 cm³/mol. The molecule has 1 aromatic rings. The summed E-state index contributed by atoms with van der Waals surface area (Å²) in [5, 5.41) is 19.4. The smallest absolute Gasteiger partial charge is 0.410 e. The van der Waals surface area contributed by atoms with Gasteiger partial charge in [0.1, 0.15) is 17.5 Å². The van der Waals surface area contributed by atoms with Gasteiger partial charge in [-0.15, -0.1) is 11.8 Å². The van der Waals surface area contributed by atoms with Gasteiger partial charge in [-0.25, -0.2) is 9.59 Å². The van der Waals surface area contributed by atoms with Crippen LogP contribution in [0.1, 0.15) is 6.23 Å². The third kappa shape index (κ3) is 2.81. The number of carbonyl (C=O) groups is 1. The van der Waals surface area contributed by atoms with Gasteiger partial charge in [-0.3, -0.25) is 9.88 Å². The summed E-state index contributed by atoms with van der Waals surface area (Å²) in [6.07, 6.45) is -0.371. The Hall–Kier alpha value is -1.58. The highest BCUT2D eigenvalue weighted by Crippen LogP contribution is 2.30. The molecule has 18 heavy (non-hydrogen) atoms. The van der Waals surface area contributed by atoms with Gasteiger partial charge in [0.15, 0.2) is 0 Å². The molecule has 0 unspecified atom stereocenters. The Bertz CT molecular complexity index is 505. The maximum atomic E-state index is 11.7. The number of ether oxygens (including phenoxy) is 1. The first-order valence-corrected chi connectivity index (χ1v) is 6.12. The Morgan fingerprint density at radius 1 is 1.72 bits per heavy atom. The Balaban J connectivity index is 2.15. The van der Waals surface area contributed by atoms with E-state index >= 15 is 0 Å². The first-order chi connectivity index (χ1) is 8.60. The van der Waals surface area contributed by atoms with E-state index in [2.05, 4.69) is 4.98 Å². The number of hydrogen-bond donors (Lipinski definition) is 3. The highest BCUT2D eigenvalue weighted by atomic mass is 32.2. The lowest BCUT2D eigenvalue weighted by Crippen LogP contribution is -2.29. The van der Waals surface area contributed by atoms with Crippen LogP contribution in [0.15, 0.2) is 17.1 Å². The summed E-state index contributed by atoms with van der Waals surface area (Å²) >= 11 is 1.40. The fraction of sp³-hybridized carbons (Fsp3) is 0.444. The zero-order chi connectivity index (χ0) is 13.1. The lowest BCUT2D eigenvalue weighted by atomic mass is 10.5. The highest BCUT2D eigenvalue weighted by molar-refractivity contribution is 8.00. The molecular weight excluding hydrogens is 262 g/mol. The second kappa shape index (κ2) is 5.38. The fourth-order valence-electron chi connectivity index (χ4n) is 1.50. The molecule has 1 aliphatic heterocycles. The standard InChI is InChI=1S/C9H11N3O5S/c13-3-7-17-6(4-18-7)12-2-1-5(10-8(12)14)11-9(15)16/h1-2,6-7,13H,3-4H2,(H,15,16)(H,10,11,14)/t6-,7+/m0/s1. The number of aliphatic hydroxyl groups excluding tert-OH is 1. The molecule has 0 radical (unpaired) electrons. The molecule has 0 aromatic carbocycles. The van der Waals surface area contributed by atoms with E-state index in [4.69, 9.17) is 14.9 Å². The molecule has 3 N–H and O–H groups in total. The number of aromatic nitrogens is 2. The molecule has 1 amide bonds. The first-order valence-electron chi connectivity index (χ1n) is 5.07. The Morgan fingerprint density at radius 3 is 3.06 bits per heavy atom. The highest BCUT2D eigenvalue weighted by Gasteiger charge is 2.27. The van der Waals surface area contributed by atoms with Gasteiger partial charge in [0.05, 0.1) is 6.61 Å². The number of hydrogen-bond acceptors (Lipinski definition) is 6. The third-order valence-electron chi connectivity index (χ3n) is 2.26. The van der Waals surface area contributed by atoms with E-state index < -0.39 is 18.0 Å². The normalized spacial score (nSPS) is 22.9. The largest absolute Gasteiger partial charge is 0.465 e. The molecule has 2 rings (SSSR count). The van der Waals surface area contributed by atoms with Crippen molar-refractivity contribution in [1.29, 1.82) is 0 Å². The molecule has 0 spiro atoms. The molecule has 1 aromatic heterocycles. The summed E-state index contributed by atoms with van der Waals surface area (Å²) in [4.78, 5) is 25.6. The van der Waals surface area contributed by atoms with Crippen molar-refractivity contribution >= 4 is 23.7 Å². The van der Waals surface area contributed by atoms with Gasteiger partial charge in [-0.2, -0.15) is 4.98 Å². The zero-order valence-electron chi connectivity index (χ0n) is 9.15. The van der Waals surface area contributed by atoms with Crippen molar-refractivity contribution in [1.82, 2.24) is 9.55 Å². The summed E-state index contributed by atoms with van der Waals surface area (Å²) in [7, 11) is 0. The van der Waals surface area contributed by atoms with Crippen molar-refractivity contribution in [3.05, 3.63) is 22.7 Å². The zero-order valence-corrected chi connectivity index (χ0v) is 9.96. The second-order valence-corrected chi connectivity index (χ2v) is 4.66. The number of amides is 1. The Kier molecular flexibility index (Phi) is 3.84. The van der Waals surface area contributed by atoms with Gasteiger partial charge in [0.2, 0.25) is 0 Å². The number of rotatable bonds is 3. The van der Waals surface area contributed by atoms with Crippen LogP contribution in [0.25, 0.3) is 0 Å². The van der Waals surface area contributed by atoms with E-state index in [-0.39, 0.29) is 17.9 Å². The second-order valence-electron chi connectivity index (χ2n) is 3.47. The maximum absolute atomic E-state index is 11.7. The van der Waals surface area contributed by atoms with Crippen LogP contribution in [0, 0.1) is 0 Å². The van der Waals surface area contributed by atoms with Gasteiger partial charge >= 0.3 is 11.8 Å². The van der Waals surface area contributed by atoms with Crippen LogP contribution in [-0.4, -0.2) is 43.7 Å². The van der Waals surface area contributed by atoms with Crippen LogP contribution in [0.5, 0.6) is 0 Å². The summed E-state index contributed by atoms with van der Waals surface area (Å²) in [6, 6.07) is 1.37. The minimum absolute atomic E-state index is 0.0342. The van der Waals surface area contributed by atoms with E-state index in [9.17, 15) is 9.59 Å². The van der Waals surface area contributed by atoms with Crippen molar-refractivity contribution in [2.24, 2.45) is 0 Å². The average Bonchev–Trinajstić information content (AvgIpc) is 2.76. The Morgan fingerprint density at radius 2 is 2.50 bits per heavy atom. The van der Waals surface area contributed by atoms with Gasteiger partial charge in [0.25, 0.3) is 0 Å². The van der Waals surface area contributed by atoms with Gasteiger partial charge in [-0.05, 0) is 6.07 Å². The monoisotopic (exact) mass is 273 g/mol. The molecule has 8 nitrogen and oxygen atoms in total. The summed E-state index contributed by atoms with van der Waals surface area (Å²) < 4.78 is 6.66. The van der Waals surface area contributed by atoms with Crippen LogP contribution >= 0.6 is 11.8 Å². The molecular formula is C9H11N3O5S. The Labute approximate surface area is 106 Å². The average molecular weight is 273 g/mol. The number of anilines is 1. The molecule has 0 aliphatic carbocycles. The van der Waals surface area contributed by atoms with Crippen LogP contribution in [0.3, 0.4) is 0 Å². The molecule has 98 valence electrons. The molecule has 1 fully saturated rings. The van der Waals surface area contributed by atoms with Crippen molar-refractivity contribution in [3.63, 3.8) is 0 Å². The number of carboxylic acid groups (broad SMARTS) is 1. The summed E-state index contributed by atoms with van der Waals surface area (Å²) in [5.41, 5.74) is -0.954. The van der Waals surface area contributed by atoms with Crippen molar-refractivity contribution in [2.45, 2.75) is 11.7 Å². The number of aliphatic hydroxyl groups is 1. The molecule has 2 atom stereocenters. The van der Waals surface area contributed by atoms with Crippen molar-refractivity contribution in [3.8, 4) is 0 Å². The van der Waals surface area contributed by atoms with Crippen LogP contribution in [-0.2, 0) is 4.74 Å². The lowest BCUT2D eigenvalue weighted by Gasteiger charge is -2.13. The molecule has 0 bridgehead atoms. The van der Waals surface area contributed by atoms with Crippen LogP contribution in [0.4, 0.5) is 10.6 Å². The van der Waals surface area contributed by atoms with Gasteiger partial charge in [0, 0.05) is 11.9 Å². The van der Waals surface area contributed by atoms with Gasteiger partial charge in [-0.1, -0.05) is 0 Å². The molecule has 2 heterocycles. The first kappa shape index (κ1) is 12.9. The molecule has 9 heteroatoms. The fourth-order valence-corrected chi connectivity index (χ4v) is 2.43. The van der Waals surface area contributed by atoms with Crippen molar-refractivity contribution < 1.29 is 19.7 Å². The lowest BCUT2D eigenvalue weighted by molar-refractivity contribution is -0.00629. The number of nitrogens with zero attached hydrogens (tertiary/aromatic N) is 2. The number of thioether (sulfide) groups is 1. The molecule has 1 aliphatic rings. The number of nitrogens with one attached hydrogen (secondary N) is 1. The minimum atomic E-state index is -1.28. The van der Waals surface area contributed by atoms with E-state index in [1.54, 1.807) is 0 Å².